The first-order valence-electron chi connectivity index (χ1n) is 8.47. The number of sulfone groups is 1. The lowest BCUT2D eigenvalue weighted by atomic mass is 10.2. The topological polar surface area (TPSA) is 105 Å². The number of benzene rings is 1. The van der Waals surface area contributed by atoms with E-state index < -0.39 is 36.9 Å². The van der Waals surface area contributed by atoms with Gasteiger partial charge in [-0.05, 0) is 43.4 Å². The molecule has 0 bridgehead atoms. The Hall–Kier alpha value is -1.48. The number of amides is 2. The molecule has 2 amide bonds. The summed E-state index contributed by atoms with van der Waals surface area (Å²) in [6.07, 6.45) is 5.38. The Kier molecular flexibility index (Phi) is 5.63. The molecule has 1 fully saturated rings. The maximum atomic E-state index is 12.9. The second-order valence-electron chi connectivity index (χ2n) is 6.71. The van der Waals surface area contributed by atoms with Crippen LogP contribution in [0.25, 0.3) is 0 Å². The molecule has 0 spiro atoms. The number of rotatable bonds is 4. The van der Waals surface area contributed by atoms with E-state index >= 15 is 0 Å². The van der Waals surface area contributed by atoms with Crippen LogP contribution in [0.2, 0.25) is 5.02 Å². The Morgan fingerprint density at radius 3 is 2.74 bits per heavy atom. The third-order valence-electron chi connectivity index (χ3n) is 4.62. The van der Waals surface area contributed by atoms with Crippen LogP contribution in [-0.4, -0.2) is 36.6 Å². The van der Waals surface area contributed by atoms with Crippen molar-refractivity contribution < 1.29 is 23.1 Å². The highest BCUT2D eigenvalue weighted by Gasteiger charge is 2.40. The fourth-order valence-corrected chi connectivity index (χ4v) is 5.93. The molecule has 2 unspecified atom stereocenters. The van der Waals surface area contributed by atoms with Crippen LogP contribution in [0.5, 0.6) is 5.75 Å². The van der Waals surface area contributed by atoms with E-state index in [0.29, 0.717) is 19.4 Å². The number of allylic oxidation sites excluding steroid dienone is 1. The van der Waals surface area contributed by atoms with Gasteiger partial charge in [-0.25, -0.2) is 13.2 Å². The molecule has 0 saturated carbocycles. The first kappa shape index (κ1) is 20.3. The Morgan fingerprint density at radius 2 is 2.15 bits per heavy atom. The van der Waals surface area contributed by atoms with Gasteiger partial charge in [0.2, 0.25) is 9.84 Å². The number of phenols is 1. The third kappa shape index (κ3) is 4.03. The summed E-state index contributed by atoms with van der Waals surface area (Å²) >= 11 is 12.3. The number of nitrogens with one attached hydrogen (secondary N) is 2. The van der Waals surface area contributed by atoms with Crippen LogP contribution in [0.15, 0.2) is 29.2 Å². The average Bonchev–Trinajstić information content (AvgIpc) is 3.19. The summed E-state index contributed by atoms with van der Waals surface area (Å²) in [4.78, 5) is 10.8. The van der Waals surface area contributed by atoms with Gasteiger partial charge >= 0.3 is 6.03 Å². The van der Waals surface area contributed by atoms with E-state index in [9.17, 15) is 18.3 Å². The van der Waals surface area contributed by atoms with Gasteiger partial charge in [-0.3, -0.25) is 0 Å². The number of carbonyl (C=O) groups is 1. The van der Waals surface area contributed by atoms with Crippen molar-refractivity contribution >= 4 is 44.8 Å². The van der Waals surface area contributed by atoms with Crippen molar-refractivity contribution in [1.82, 2.24) is 5.32 Å². The van der Waals surface area contributed by atoms with Crippen LogP contribution >= 0.6 is 23.2 Å². The molecule has 0 radical (unpaired) electrons. The smallest absolute Gasteiger partial charge is 0.320 e. The first-order valence-corrected chi connectivity index (χ1v) is 10.8. The van der Waals surface area contributed by atoms with Gasteiger partial charge < -0.3 is 20.5 Å². The minimum atomic E-state index is -4.06. The van der Waals surface area contributed by atoms with Crippen molar-refractivity contribution in [2.75, 3.05) is 11.9 Å². The van der Waals surface area contributed by atoms with Crippen molar-refractivity contribution in [1.29, 1.82) is 0 Å². The lowest BCUT2D eigenvalue weighted by molar-refractivity contribution is 0.152. The number of carbonyl (C=O) groups excluding carboxylic acids is 1. The number of urea groups is 1. The molecule has 7 nitrogen and oxygen atoms in total. The van der Waals surface area contributed by atoms with E-state index in [1.165, 1.54) is 12.1 Å². The second-order valence-corrected chi connectivity index (χ2v) is 9.75. The summed E-state index contributed by atoms with van der Waals surface area (Å²) in [5.74, 6) is -0.874. The Bertz CT molecular complexity index is 890. The predicted octanol–water partition coefficient (Wildman–Crippen LogP) is 3.61. The number of halogens is 2. The van der Waals surface area contributed by atoms with Crippen LogP contribution in [-0.2, 0) is 14.6 Å². The molecular formula is C17H20Cl2N2O5S. The molecule has 27 heavy (non-hydrogen) atoms. The largest absolute Gasteiger partial charge is 0.504 e. The normalized spacial score (nSPS) is 27.7. The number of aromatic hydroxyl groups is 1. The highest BCUT2D eigenvalue weighted by atomic mass is 35.5. The molecule has 1 aliphatic carbocycles. The lowest BCUT2D eigenvalue weighted by Gasteiger charge is -2.22. The van der Waals surface area contributed by atoms with E-state index in [1.54, 1.807) is 13.0 Å². The van der Waals surface area contributed by atoms with Gasteiger partial charge in [0.25, 0.3) is 0 Å². The third-order valence-corrected chi connectivity index (χ3v) is 7.65. The van der Waals surface area contributed by atoms with Crippen molar-refractivity contribution in [3.8, 4) is 5.75 Å². The van der Waals surface area contributed by atoms with Crippen LogP contribution in [0.3, 0.4) is 0 Å². The fourth-order valence-electron chi connectivity index (χ4n) is 3.19. The molecule has 1 aromatic carbocycles. The van der Waals surface area contributed by atoms with Crippen molar-refractivity contribution in [3.63, 3.8) is 0 Å². The number of alkyl halides is 1. The minimum Gasteiger partial charge on any atom is -0.504 e. The van der Waals surface area contributed by atoms with E-state index in [-0.39, 0.29) is 16.6 Å². The van der Waals surface area contributed by atoms with Gasteiger partial charge in [0.05, 0.1) is 10.7 Å². The number of ether oxygens (including phenoxy) is 1. The monoisotopic (exact) mass is 434 g/mol. The van der Waals surface area contributed by atoms with Gasteiger partial charge in [-0.15, -0.1) is 0 Å². The molecule has 1 heterocycles. The van der Waals surface area contributed by atoms with E-state index in [2.05, 4.69) is 10.6 Å². The molecule has 10 heteroatoms. The Labute approximate surface area is 167 Å². The molecule has 3 rings (SSSR count). The summed E-state index contributed by atoms with van der Waals surface area (Å²) in [6.45, 7) is 2.07. The highest BCUT2D eigenvalue weighted by molar-refractivity contribution is 7.92. The number of hydrogen-bond acceptors (Lipinski definition) is 5. The van der Waals surface area contributed by atoms with Crippen LogP contribution < -0.4 is 10.6 Å². The summed E-state index contributed by atoms with van der Waals surface area (Å²) < 4.78 is 31.2. The number of anilines is 1. The SMILES string of the molecule is CC1CCOC1S(=O)(=O)c1c(Cl)ccc(NC(=O)N[C@]2(Cl)C=CCC2)c1O. The van der Waals surface area contributed by atoms with Gasteiger partial charge in [0.1, 0.15) is 9.89 Å². The summed E-state index contributed by atoms with van der Waals surface area (Å²) in [6, 6.07) is 1.94. The fraction of sp³-hybridized carbons (Fsp3) is 0.471. The van der Waals surface area contributed by atoms with Crippen LogP contribution in [0, 0.1) is 5.92 Å². The molecule has 1 saturated heterocycles. The molecule has 3 N–H and O–H groups in total. The maximum absolute atomic E-state index is 12.9. The molecule has 0 aromatic heterocycles. The summed E-state index contributed by atoms with van der Waals surface area (Å²) in [5.41, 5.74) is -1.19. The first-order chi connectivity index (χ1) is 12.6. The van der Waals surface area contributed by atoms with Crippen molar-refractivity contribution in [2.24, 2.45) is 5.92 Å². The van der Waals surface area contributed by atoms with E-state index in [4.69, 9.17) is 27.9 Å². The van der Waals surface area contributed by atoms with Crippen molar-refractivity contribution in [2.45, 2.75) is 41.5 Å². The molecular weight excluding hydrogens is 415 g/mol. The second kappa shape index (κ2) is 7.50. The van der Waals surface area contributed by atoms with Gasteiger partial charge in [0.15, 0.2) is 11.2 Å². The summed E-state index contributed by atoms with van der Waals surface area (Å²) in [5, 5.41) is 15.4. The van der Waals surface area contributed by atoms with Gasteiger partial charge in [-0.1, -0.05) is 36.2 Å². The molecule has 1 aromatic rings. The van der Waals surface area contributed by atoms with Gasteiger partial charge in [0, 0.05) is 6.61 Å². The predicted molar refractivity (Wildman–Crippen MR) is 103 cm³/mol. The Morgan fingerprint density at radius 1 is 1.41 bits per heavy atom. The molecule has 3 atom stereocenters. The van der Waals surface area contributed by atoms with Crippen LogP contribution in [0.1, 0.15) is 26.2 Å². The molecule has 148 valence electrons. The van der Waals surface area contributed by atoms with Crippen molar-refractivity contribution in [3.05, 3.63) is 29.3 Å². The van der Waals surface area contributed by atoms with E-state index in [1.807, 2.05) is 6.08 Å². The zero-order chi connectivity index (χ0) is 19.8. The molecule has 2 aliphatic rings. The minimum absolute atomic E-state index is 0.0941. The lowest BCUT2D eigenvalue weighted by Crippen LogP contribution is -2.43. The number of phenolic OH excluding ortho intramolecular Hbond substituents is 1. The zero-order valence-electron chi connectivity index (χ0n) is 14.5. The van der Waals surface area contributed by atoms with Gasteiger partial charge in [-0.2, -0.15) is 0 Å². The summed E-state index contributed by atoms with van der Waals surface area (Å²) in [7, 11) is -4.06. The standard InChI is InChI=1S/C17H20Cl2N2O5S/c1-10-6-9-26-15(10)27(24,25)14-11(18)4-5-12(13(14)22)20-16(23)21-17(19)7-2-3-8-17/h2,4-5,7,10,15,22H,3,6,8-9H2,1H3,(H2,20,21,23)/t10?,15?,17-/m1/s1. The van der Waals surface area contributed by atoms with Crippen LogP contribution in [0.4, 0.5) is 10.5 Å². The van der Waals surface area contributed by atoms with E-state index in [0.717, 1.165) is 6.42 Å². The molecule has 1 aliphatic heterocycles. The average molecular weight is 435 g/mol. The number of hydrogen-bond donors (Lipinski definition) is 3. The quantitative estimate of drug-likeness (QED) is 0.290. The highest BCUT2D eigenvalue weighted by Crippen LogP contribution is 2.41. The zero-order valence-corrected chi connectivity index (χ0v) is 16.9. The maximum Gasteiger partial charge on any atom is 0.320 e. The Balaban J connectivity index is 1.87.